The molecular weight excluding hydrogens is 232 g/mol. The van der Waals surface area contributed by atoms with E-state index in [4.69, 9.17) is 0 Å². The van der Waals surface area contributed by atoms with Crippen LogP contribution in [0.15, 0.2) is 24.3 Å². The number of hydrogen-bond acceptors (Lipinski definition) is 2. The van der Waals surface area contributed by atoms with Crippen molar-refractivity contribution in [2.24, 2.45) is 0 Å². The summed E-state index contributed by atoms with van der Waals surface area (Å²) in [6, 6.07) is 10.9. The SMILES string of the molecule is CNC1c2ccccc2C(C)CC1N(C)C1CCC1. The molecule has 19 heavy (non-hydrogen) atoms. The lowest BCUT2D eigenvalue weighted by Gasteiger charge is -2.47. The Morgan fingerprint density at radius 2 is 1.84 bits per heavy atom. The third-order valence-electron chi connectivity index (χ3n) is 5.33. The van der Waals surface area contributed by atoms with Gasteiger partial charge >= 0.3 is 0 Å². The molecule has 0 spiro atoms. The van der Waals surface area contributed by atoms with Gasteiger partial charge in [-0.1, -0.05) is 37.6 Å². The van der Waals surface area contributed by atoms with Crippen LogP contribution in [0.2, 0.25) is 0 Å². The summed E-state index contributed by atoms with van der Waals surface area (Å²) in [6.07, 6.45) is 5.46. The summed E-state index contributed by atoms with van der Waals surface area (Å²) in [5.74, 6) is 0.674. The zero-order valence-electron chi connectivity index (χ0n) is 12.4. The maximum Gasteiger partial charge on any atom is 0.0478 e. The van der Waals surface area contributed by atoms with Crippen LogP contribution in [0, 0.1) is 0 Å². The zero-order chi connectivity index (χ0) is 13.4. The van der Waals surface area contributed by atoms with E-state index in [1.807, 2.05) is 0 Å². The van der Waals surface area contributed by atoms with Gasteiger partial charge in [-0.15, -0.1) is 0 Å². The summed E-state index contributed by atoms with van der Waals surface area (Å²) in [4.78, 5) is 2.65. The molecule has 0 saturated heterocycles. The van der Waals surface area contributed by atoms with Gasteiger partial charge in [0.1, 0.15) is 0 Å². The second-order valence-corrected chi connectivity index (χ2v) is 6.35. The molecule has 1 aromatic rings. The van der Waals surface area contributed by atoms with Gasteiger partial charge in [0.2, 0.25) is 0 Å². The second-order valence-electron chi connectivity index (χ2n) is 6.35. The molecule has 1 N–H and O–H groups in total. The average molecular weight is 258 g/mol. The van der Waals surface area contributed by atoms with Crippen molar-refractivity contribution < 1.29 is 0 Å². The minimum Gasteiger partial charge on any atom is -0.312 e. The molecule has 1 aromatic carbocycles. The Morgan fingerprint density at radius 1 is 1.16 bits per heavy atom. The van der Waals surface area contributed by atoms with Crippen LogP contribution in [0.5, 0.6) is 0 Å². The number of nitrogens with one attached hydrogen (secondary N) is 1. The van der Waals surface area contributed by atoms with Gasteiger partial charge in [0.05, 0.1) is 0 Å². The Balaban J connectivity index is 1.90. The largest absolute Gasteiger partial charge is 0.312 e. The molecule has 0 radical (unpaired) electrons. The molecule has 0 aromatic heterocycles. The number of rotatable bonds is 3. The predicted octanol–water partition coefficient (Wildman–Crippen LogP) is 3.31. The number of likely N-dealkylation sites (N-methyl/N-ethyl adjacent to an activating group) is 2. The molecule has 1 saturated carbocycles. The first-order chi connectivity index (χ1) is 9.22. The molecule has 3 rings (SSSR count). The molecule has 2 heteroatoms. The molecule has 0 bridgehead atoms. The van der Waals surface area contributed by atoms with Gasteiger partial charge in [-0.3, -0.25) is 4.90 Å². The van der Waals surface area contributed by atoms with Gasteiger partial charge in [-0.25, -0.2) is 0 Å². The summed E-state index contributed by atoms with van der Waals surface area (Å²) >= 11 is 0. The minimum atomic E-state index is 0.484. The molecular formula is C17H26N2. The monoisotopic (exact) mass is 258 g/mol. The quantitative estimate of drug-likeness (QED) is 0.895. The molecule has 104 valence electrons. The fourth-order valence-electron chi connectivity index (χ4n) is 3.89. The number of fused-ring (bicyclic) bond motifs is 1. The van der Waals surface area contributed by atoms with E-state index in [0.717, 1.165) is 6.04 Å². The van der Waals surface area contributed by atoms with E-state index < -0.39 is 0 Å². The summed E-state index contributed by atoms with van der Waals surface area (Å²) < 4.78 is 0. The van der Waals surface area contributed by atoms with Crippen LogP contribution in [0.25, 0.3) is 0 Å². The van der Waals surface area contributed by atoms with Crippen molar-refractivity contribution in [2.45, 2.75) is 56.7 Å². The highest BCUT2D eigenvalue weighted by molar-refractivity contribution is 5.36. The van der Waals surface area contributed by atoms with Gasteiger partial charge in [-0.2, -0.15) is 0 Å². The summed E-state index contributed by atoms with van der Waals surface area (Å²) in [5, 5.41) is 3.57. The van der Waals surface area contributed by atoms with Crippen molar-refractivity contribution >= 4 is 0 Å². The molecule has 0 heterocycles. The normalized spacial score (nSPS) is 31.1. The minimum absolute atomic E-state index is 0.484. The highest BCUT2D eigenvalue weighted by atomic mass is 15.2. The number of hydrogen-bond donors (Lipinski definition) is 1. The Morgan fingerprint density at radius 3 is 2.42 bits per heavy atom. The van der Waals surface area contributed by atoms with Crippen molar-refractivity contribution in [3.63, 3.8) is 0 Å². The lowest BCUT2D eigenvalue weighted by Crippen LogP contribution is -2.51. The number of nitrogens with zero attached hydrogens (tertiary/aromatic N) is 1. The van der Waals surface area contributed by atoms with E-state index in [9.17, 15) is 0 Å². The standard InChI is InChI=1S/C17H26N2/c1-12-11-16(19(3)13-7-6-8-13)17(18-2)15-10-5-4-9-14(12)15/h4-5,9-10,12-13,16-18H,6-8,11H2,1-3H3. The van der Waals surface area contributed by atoms with Crippen LogP contribution in [0.3, 0.4) is 0 Å². The van der Waals surface area contributed by atoms with E-state index >= 15 is 0 Å². The topological polar surface area (TPSA) is 15.3 Å². The molecule has 2 aliphatic carbocycles. The Bertz CT molecular complexity index is 439. The van der Waals surface area contributed by atoms with Gasteiger partial charge in [0.25, 0.3) is 0 Å². The van der Waals surface area contributed by atoms with Crippen molar-refractivity contribution in [1.29, 1.82) is 0 Å². The first-order valence-corrected chi connectivity index (χ1v) is 7.70. The molecule has 1 fully saturated rings. The van der Waals surface area contributed by atoms with E-state index in [-0.39, 0.29) is 0 Å². The van der Waals surface area contributed by atoms with E-state index in [1.165, 1.54) is 31.2 Å². The summed E-state index contributed by atoms with van der Waals surface area (Å²) in [5.41, 5.74) is 3.06. The van der Waals surface area contributed by atoms with E-state index in [2.05, 4.69) is 55.5 Å². The Kier molecular flexibility index (Phi) is 3.64. The van der Waals surface area contributed by atoms with Gasteiger partial charge in [-0.05, 0) is 50.4 Å². The smallest absolute Gasteiger partial charge is 0.0478 e. The Hall–Kier alpha value is -0.860. The Labute approximate surface area is 117 Å². The van der Waals surface area contributed by atoms with Crippen molar-refractivity contribution in [2.75, 3.05) is 14.1 Å². The van der Waals surface area contributed by atoms with Crippen molar-refractivity contribution in [3.8, 4) is 0 Å². The number of benzene rings is 1. The lowest BCUT2D eigenvalue weighted by molar-refractivity contribution is 0.0746. The first-order valence-electron chi connectivity index (χ1n) is 7.70. The van der Waals surface area contributed by atoms with E-state index in [0.29, 0.717) is 18.0 Å². The van der Waals surface area contributed by atoms with Crippen LogP contribution >= 0.6 is 0 Å². The van der Waals surface area contributed by atoms with Crippen molar-refractivity contribution in [3.05, 3.63) is 35.4 Å². The molecule has 3 atom stereocenters. The highest BCUT2D eigenvalue weighted by Gasteiger charge is 2.37. The van der Waals surface area contributed by atoms with E-state index in [1.54, 1.807) is 5.56 Å². The molecule has 3 unspecified atom stereocenters. The summed E-state index contributed by atoms with van der Waals surface area (Å²) in [6.45, 7) is 2.38. The fourth-order valence-corrected chi connectivity index (χ4v) is 3.89. The third kappa shape index (κ3) is 2.21. The van der Waals surface area contributed by atoms with Crippen LogP contribution in [0.1, 0.15) is 55.7 Å². The second kappa shape index (κ2) is 5.26. The summed E-state index contributed by atoms with van der Waals surface area (Å²) in [7, 11) is 4.44. The van der Waals surface area contributed by atoms with Gasteiger partial charge in [0.15, 0.2) is 0 Å². The zero-order valence-corrected chi connectivity index (χ0v) is 12.4. The average Bonchev–Trinajstić information content (AvgIpc) is 2.36. The first kappa shape index (κ1) is 13.1. The molecule has 2 aliphatic rings. The van der Waals surface area contributed by atoms with Crippen molar-refractivity contribution in [1.82, 2.24) is 10.2 Å². The maximum absolute atomic E-state index is 3.57. The molecule has 2 nitrogen and oxygen atoms in total. The van der Waals surface area contributed by atoms with Crippen LogP contribution < -0.4 is 5.32 Å². The lowest BCUT2D eigenvalue weighted by atomic mass is 9.76. The van der Waals surface area contributed by atoms with Crippen LogP contribution in [-0.2, 0) is 0 Å². The highest BCUT2D eigenvalue weighted by Crippen LogP contribution is 2.41. The van der Waals surface area contributed by atoms with Gasteiger partial charge < -0.3 is 5.32 Å². The molecule has 0 aliphatic heterocycles. The molecule has 0 amide bonds. The third-order valence-corrected chi connectivity index (χ3v) is 5.33. The van der Waals surface area contributed by atoms with Crippen LogP contribution in [0.4, 0.5) is 0 Å². The predicted molar refractivity (Wildman–Crippen MR) is 80.5 cm³/mol. The van der Waals surface area contributed by atoms with Crippen LogP contribution in [-0.4, -0.2) is 31.1 Å². The van der Waals surface area contributed by atoms with Gasteiger partial charge in [0, 0.05) is 18.1 Å². The fraction of sp³-hybridized carbons (Fsp3) is 0.647. The maximum atomic E-state index is 3.57.